The highest BCUT2D eigenvalue weighted by Gasteiger charge is 2.33. The van der Waals surface area contributed by atoms with Gasteiger partial charge in [0.2, 0.25) is 11.8 Å². The number of para-hydroxylation sites is 1. The molecule has 0 N–H and O–H groups in total. The molecule has 5 nitrogen and oxygen atoms in total. The molecule has 2 atom stereocenters. The van der Waals surface area contributed by atoms with Gasteiger partial charge in [-0.1, -0.05) is 45.4 Å². The fourth-order valence-electron chi connectivity index (χ4n) is 4.68. The Bertz CT molecular complexity index is 703. The molecule has 1 aromatic rings. The molecule has 2 amide bonds. The van der Waals surface area contributed by atoms with E-state index in [4.69, 9.17) is 0 Å². The van der Waals surface area contributed by atoms with Crippen LogP contribution in [0, 0.1) is 5.92 Å². The summed E-state index contributed by atoms with van der Waals surface area (Å²) in [6, 6.07) is 8.96. The van der Waals surface area contributed by atoms with E-state index in [0.29, 0.717) is 25.0 Å². The quantitative estimate of drug-likeness (QED) is 0.780. The van der Waals surface area contributed by atoms with Gasteiger partial charge >= 0.3 is 0 Å². The highest BCUT2D eigenvalue weighted by atomic mass is 16.2. The van der Waals surface area contributed by atoms with Crippen LogP contribution in [-0.4, -0.2) is 53.8 Å². The second-order valence-electron chi connectivity index (χ2n) is 8.59. The van der Waals surface area contributed by atoms with E-state index in [2.05, 4.69) is 18.0 Å². The lowest BCUT2D eigenvalue weighted by molar-refractivity contribution is -0.136. The molecule has 0 radical (unpaired) electrons. The van der Waals surface area contributed by atoms with Crippen molar-refractivity contribution >= 4 is 17.5 Å². The van der Waals surface area contributed by atoms with Crippen molar-refractivity contribution < 1.29 is 9.59 Å². The summed E-state index contributed by atoms with van der Waals surface area (Å²) < 4.78 is 0. The highest BCUT2D eigenvalue weighted by Crippen LogP contribution is 2.30. The van der Waals surface area contributed by atoms with Gasteiger partial charge in [-0.2, -0.15) is 0 Å². The molecule has 2 unspecified atom stereocenters. The molecule has 0 saturated carbocycles. The van der Waals surface area contributed by atoms with Crippen LogP contribution in [0.1, 0.15) is 58.4 Å². The minimum atomic E-state index is -0.0321. The van der Waals surface area contributed by atoms with Crippen LogP contribution in [-0.2, 0) is 16.1 Å². The van der Waals surface area contributed by atoms with Gasteiger partial charge in [0.15, 0.2) is 0 Å². The van der Waals surface area contributed by atoms with Crippen LogP contribution in [0.15, 0.2) is 24.3 Å². The monoisotopic (exact) mass is 385 g/mol. The van der Waals surface area contributed by atoms with Crippen molar-refractivity contribution in [3.05, 3.63) is 29.8 Å². The maximum Gasteiger partial charge on any atom is 0.226 e. The number of fused-ring (bicyclic) bond motifs is 3. The molecule has 5 heteroatoms. The van der Waals surface area contributed by atoms with Gasteiger partial charge in [-0.15, -0.1) is 0 Å². The number of hydrogen-bond acceptors (Lipinski definition) is 3. The van der Waals surface area contributed by atoms with Crippen molar-refractivity contribution in [2.75, 3.05) is 25.0 Å². The average Bonchev–Trinajstić information content (AvgIpc) is 2.70. The molecule has 0 spiro atoms. The van der Waals surface area contributed by atoms with Gasteiger partial charge in [-0.25, -0.2) is 0 Å². The molecule has 1 saturated heterocycles. The third-order valence-corrected chi connectivity index (χ3v) is 6.40. The number of likely N-dealkylation sites (N-methyl/N-ethyl adjacent to an activating group) is 1. The first kappa shape index (κ1) is 20.8. The minimum Gasteiger partial charge on any atom is -0.337 e. The summed E-state index contributed by atoms with van der Waals surface area (Å²) in [7, 11) is 2.20. The van der Waals surface area contributed by atoms with Gasteiger partial charge in [0, 0.05) is 49.7 Å². The lowest BCUT2D eigenvalue weighted by Crippen LogP contribution is -2.51. The Hall–Kier alpha value is -1.88. The summed E-state index contributed by atoms with van der Waals surface area (Å²) in [6.07, 6.45) is 4.96. The van der Waals surface area contributed by atoms with Gasteiger partial charge in [0.25, 0.3) is 0 Å². The average molecular weight is 386 g/mol. The third kappa shape index (κ3) is 4.40. The molecule has 1 aromatic carbocycles. The predicted octanol–water partition coefficient (Wildman–Crippen LogP) is 3.67. The van der Waals surface area contributed by atoms with Crippen molar-refractivity contribution in [2.24, 2.45) is 5.92 Å². The van der Waals surface area contributed by atoms with Gasteiger partial charge in [0.05, 0.1) is 0 Å². The molecule has 3 rings (SSSR count). The second-order valence-corrected chi connectivity index (χ2v) is 8.59. The third-order valence-electron chi connectivity index (χ3n) is 6.40. The Morgan fingerprint density at radius 1 is 1.11 bits per heavy atom. The number of piperidine rings is 1. The maximum atomic E-state index is 13.0. The van der Waals surface area contributed by atoms with Crippen LogP contribution in [0.5, 0.6) is 0 Å². The lowest BCUT2D eigenvalue weighted by atomic mass is 9.93. The normalized spacial score (nSPS) is 23.9. The number of benzene rings is 1. The SMILES string of the molecule is CCC(=O)N1CCC2CCCC(CN(C(=O)C(C)C)Cc3ccccc31)N2C. The van der Waals surface area contributed by atoms with Gasteiger partial charge in [-0.3, -0.25) is 14.5 Å². The van der Waals surface area contributed by atoms with Crippen LogP contribution >= 0.6 is 0 Å². The van der Waals surface area contributed by atoms with E-state index >= 15 is 0 Å². The van der Waals surface area contributed by atoms with E-state index in [0.717, 1.165) is 37.2 Å². The van der Waals surface area contributed by atoms with Crippen LogP contribution < -0.4 is 4.90 Å². The molecule has 2 aliphatic heterocycles. The molecule has 0 aliphatic carbocycles. The zero-order chi connectivity index (χ0) is 20.3. The molecule has 2 bridgehead atoms. The molecular formula is C23H35N3O2. The van der Waals surface area contributed by atoms with E-state index in [1.165, 1.54) is 12.8 Å². The second kappa shape index (κ2) is 9.08. The Morgan fingerprint density at radius 2 is 1.82 bits per heavy atom. The smallest absolute Gasteiger partial charge is 0.226 e. The van der Waals surface area contributed by atoms with E-state index in [1.54, 1.807) is 0 Å². The Kier molecular flexibility index (Phi) is 6.76. The molecule has 154 valence electrons. The van der Waals surface area contributed by atoms with Crippen LogP contribution in [0.25, 0.3) is 0 Å². The summed E-state index contributed by atoms with van der Waals surface area (Å²) >= 11 is 0. The van der Waals surface area contributed by atoms with Crippen molar-refractivity contribution in [2.45, 2.75) is 71.5 Å². The largest absolute Gasteiger partial charge is 0.337 e. The summed E-state index contributed by atoms with van der Waals surface area (Å²) in [5.74, 6) is 0.316. The van der Waals surface area contributed by atoms with Gasteiger partial charge in [0.1, 0.15) is 0 Å². The van der Waals surface area contributed by atoms with Gasteiger partial charge < -0.3 is 9.80 Å². The topological polar surface area (TPSA) is 43.9 Å². The summed E-state index contributed by atoms with van der Waals surface area (Å²) in [5, 5.41) is 0. The molecule has 2 aliphatic rings. The fraction of sp³-hybridized carbons (Fsp3) is 0.652. The first-order valence-electron chi connectivity index (χ1n) is 10.8. The summed E-state index contributed by atoms with van der Waals surface area (Å²) in [6.45, 7) is 7.94. The predicted molar refractivity (Wildman–Crippen MR) is 113 cm³/mol. The lowest BCUT2D eigenvalue weighted by Gasteiger charge is -2.42. The van der Waals surface area contributed by atoms with E-state index < -0.39 is 0 Å². The Morgan fingerprint density at radius 3 is 2.54 bits per heavy atom. The van der Waals surface area contributed by atoms with E-state index in [1.807, 2.05) is 48.8 Å². The summed E-state index contributed by atoms with van der Waals surface area (Å²) in [4.78, 5) is 32.3. The van der Waals surface area contributed by atoms with Crippen molar-refractivity contribution in [3.63, 3.8) is 0 Å². The molecular weight excluding hydrogens is 350 g/mol. The number of amides is 2. The number of carbonyl (C=O) groups is 2. The molecule has 1 fully saturated rings. The fourth-order valence-corrected chi connectivity index (χ4v) is 4.68. The summed E-state index contributed by atoms with van der Waals surface area (Å²) in [5.41, 5.74) is 2.03. The zero-order valence-corrected chi connectivity index (χ0v) is 17.9. The first-order valence-corrected chi connectivity index (χ1v) is 10.8. The van der Waals surface area contributed by atoms with E-state index in [9.17, 15) is 9.59 Å². The molecule has 28 heavy (non-hydrogen) atoms. The molecule has 0 aromatic heterocycles. The minimum absolute atomic E-state index is 0.0321. The van der Waals surface area contributed by atoms with Crippen LogP contribution in [0.2, 0.25) is 0 Å². The van der Waals surface area contributed by atoms with Crippen molar-refractivity contribution in [1.82, 2.24) is 9.80 Å². The Labute approximate surface area is 169 Å². The zero-order valence-electron chi connectivity index (χ0n) is 17.9. The van der Waals surface area contributed by atoms with Crippen molar-refractivity contribution in [1.29, 1.82) is 0 Å². The Balaban J connectivity index is 2.03. The first-order chi connectivity index (χ1) is 13.4. The number of nitrogens with zero attached hydrogens (tertiary/aromatic N) is 3. The number of anilines is 1. The highest BCUT2D eigenvalue weighted by molar-refractivity contribution is 5.94. The standard InChI is InChI=1S/C23H35N3O2/c1-5-22(27)26-14-13-19-10-8-11-20(24(19)4)16-25(23(28)17(2)3)15-18-9-6-7-12-21(18)26/h6-7,9,12,17,19-20H,5,8,10-11,13-16H2,1-4H3. The van der Waals surface area contributed by atoms with Crippen LogP contribution in [0.4, 0.5) is 5.69 Å². The maximum absolute atomic E-state index is 13.0. The van der Waals surface area contributed by atoms with Gasteiger partial charge in [-0.05, 0) is 37.9 Å². The number of hydrogen-bond donors (Lipinski definition) is 0. The number of rotatable bonds is 2. The van der Waals surface area contributed by atoms with Crippen LogP contribution in [0.3, 0.4) is 0 Å². The number of carbonyl (C=O) groups excluding carboxylic acids is 2. The van der Waals surface area contributed by atoms with Crippen molar-refractivity contribution in [3.8, 4) is 0 Å². The molecule has 2 heterocycles. The van der Waals surface area contributed by atoms with E-state index in [-0.39, 0.29) is 17.7 Å².